The third-order valence-electron chi connectivity index (χ3n) is 3.05. The molecule has 1 aliphatic rings. The minimum atomic E-state index is 0.663. The van der Waals surface area contributed by atoms with Crippen LogP contribution in [0.5, 0.6) is 0 Å². The molecule has 0 aromatic carbocycles. The zero-order valence-electron chi connectivity index (χ0n) is 10.1. The molecule has 0 aliphatic carbocycles. The standard InChI is InChI=1S/C10H14BrN7/c1-2-3-4-5-17-6-18-9(14-15-16-18)7-8(17)13-10(11)12-7/h2-6H2,1H3,(H,12,13). The van der Waals surface area contributed by atoms with Gasteiger partial charge in [-0.05, 0) is 32.8 Å². The van der Waals surface area contributed by atoms with Gasteiger partial charge in [-0.15, -0.1) is 5.10 Å². The molecule has 2 aromatic heterocycles. The molecule has 0 bridgehead atoms. The molecule has 0 fully saturated rings. The zero-order valence-corrected chi connectivity index (χ0v) is 11.7. The van der Waals surface area contributed by atoms with Crippen LogP contribution in [0.4, 0.5) is 5.82 Å². The van der Waals surface area contributed by atoms with Crippen molar-refractivity contribution in [2.45, 2.75) is 32.9 Å². The second-order valence-corrected chi connectivity index (χ2v) is 5.09. The fourth-order valence-corrected chi connectivity index (χ4v) is 2.52. The molecule has 96 valence electrons. The predicted octanol–water partition coefficient (Wildman–Crippen LogP) is 1.79. The topological polar surface area (TPSA) is 75.5 Å². The molecule has 2 aromatic rings. The van der Waals surface area contributed by atoms with E-state index in [0.717, 1.165) is 30.3 Å². The molecule has 3 heterocycles. The number of anilines is 1. The van der Waals surface area contributed by atoms with Crippen LogP contribution in [-0.2, 0) is 6.67 Å². The Kier molecular flexibility index (Phi) is 3.02. The van der Waals surface area contributed by atoms with Crippen LogP contribution in [-0.4, -0.2) is 36.7 Å². The molecule has 0 radical (unpaired) electrons. The first kappa shape index (κ1) is 11.6. The highest BCUT2D eigenvalue weighted by molar-refractivity contribution is 9.10. The van der Waals surface area contributed by atoms with Crippen molar-refractivity contribution in [1.29, 1.82) is 0 Å². The van der Waals surface area contributed by atoms with Gasteiger partial charge in [0.25, 0.3) is 0 Å². The SMILES string of the molecule is CCCCCN1Cn2nnnc2-c2[nH]c(Br)nc21. The highest BCUT2D eigenvalue weighted by Crippen LogP contribution is 2.32. The number of hydrogen-bond acceptors (Lipinski definition) is 5. The van der Waals surface area contributed by atoms with Crippen LogP contribution in [0.2, 0.25) is 0 Å². The number of H-pyrrole nitrogens is 1. The zero-order chi connectivity index (χ0) is 12.5. The number of fused-ring (bicyclic) bond motifs is 3. The first-order valence-electron chi connectivity index (χ1n) is 6.06. The fourth-order valence-electron chi connectivity index (χ4n) is 2.16. The average Bonchev–Trinajstić information content (AvgIpc) is 2.94. The van der Waals surface area contributed by atoms with Crippen molar-refractivity contribution in [3.63, 3.8) is 0 Å². The van der Waals surface area contributed by atoms with Crippen LogP contribution in [0, 0.1) is 0 Å². The van der Waals surface area contributed by atoms with Gasteiger partial charge < -0.3 is 9.88 Å². The summed E-state index contributed by atoms with van der Waals surface area (Å²) in [5, 5.41) is 11.7. The van der Waals surface area contributed by atoms with Crippen molar-refractivity contribution in [2.75, 3.05) is 11.4 Å². The third-order valence-corrected chi connectivity index (χ3v) is 3.42. The predicted molar refractivity (Wildman–Crippen MR) is 70.0 cm³/mol. The number of halogens is 1. The summed E-state index contributed by atoms with van der Waals surface area (Å²) in [7, 11) is 0. The molecule has 0 saturated heterocycles. The Bertz CT molecular complexity index is 546. The van der Waals surface area contributed by atoms with E-state index in [0.29, 0.717) is 11.4 Å². The number of aromatic amines is 1. The Morgan fingerprint density at radius 3 is 3.11 bits per heavy atom. The number of nitrogens with zero attached hydrogens (tertiary/aromatic N) is 6. The quantitative estimate of drug-likeness (QED) is 0.871. The largest absolute Gasteiger partial charge is 0.335 e. The molecule has 0 unspecified atom stereocenters. The van der Waals surface area contributed by atoms with Crippen molar-refractivity contribution in [3.8, 4) is 11.5 Å². The van der Waals surface area contributed by atoms with E-state index in [1.165, 1.54) is 12.8 Å². The number of aromatic nitrogens is 6. The van der Waals surface area contributed by atoms with Gasteiger partial charge in [-0.2, -0.15) is 0 Å². The van der Waals surface area contributed by atoms with Crippen molar-refractivity contribution in [3.05, 3.63) is 4.73 Å². The first-order chi connectivity index (χ1) is 8.79. The Morgan fingerprint density at radius 2 is 2.28 bits per heavy atom. The lowest BCUT2D eigenvalue weighted by Crippen LogP contribution is -2.32. The number of rotatable bonds is 4. The maximum absolute atomic E-state index is 4.47. The normalized spacial score (nSPS) is 13.6. The van der Waals surface area contributed by atoms with E-state index < -0.39 is 0 Å². The monoisotopic (exact) mass is 311 g/mol. The lowest BCUT2D eigenvalue weighted by atomic mass is 10.2. The van der Waals surface area contributed by atoms with Gasteiger partial charge >= 0.3 is 0 Å². The van der Waals surface area contributed by atoms with Gasteiger partial charge in [-0.3, -0.25) is 0 Å². The summed E-state index contributed by atoms with van der Waals surface area (Å²) in [6, 6.07) is 0. The minimum absolute atomic E-state index is 0.663. The number of nitrogens with one attached hydrogen (secondary N) is 1. The molecule has 0 amide bonds. The molecule has 7 nitrogen and oxygen atoms in total. The summed E-state index contributed by atoms with van der Waals surface area (Å²) in [4.78, 5) is 9.83. The van der Waals surface area contributed by atoms with Gasteiger partial charge in [-0.25, -0.2) is 9.67 Å². The van der Waals surface area contributed by atoms with Crippen LogP contribution < -0.4 is 4.90 Å². The molecule has 1 N–H and O–H groups in total. The Labute approximate surface area is 113 Å². The lowest BCUT2D eigenvalue weighted by molar-refractivity contribution is 0.534. The van der Waals surface area contributed by atoms with Crippen LogP contribution in [0.1, 0.15) is 26.2 Å². The van der Waals surface area contributed by atoms with Crippen LogP contribution in [0.15, 0.2) is 4.73 Å². The minimum Gasteiger partial charge on any atom is -0.335 e. The summed E-state index contributed by atoms with van der Waals surface area (Å²) in [6.07, 6.45) is 3.58. The Hall–Kier alpha value is -1.44. The van der Waals surface area contributed by atoms with Crippen molar-refractivity contribution >= 4 is 21.7 Å². The van der Waals surface area contributed by atoms with E-state index in [1.54, 1.807) is 4.68 Å². The summed E-state index contributed by atoms with van der Waals surface area (Å²) in [6.45, 7) is 3.83. The fraction of sp³-hybridized carbons (Fsp3) is 0.600. The van der Waals surface area contributed by atoms with Crippen LogP contribution in [0.25, 0.3) is 11.5 Å². The van der Waals surface area contributed by atoms with E-state index in [4.69, 9.17) is 0 Å². The third kappa shape index (κ3) is 1.90. The van der Waals surface area contributed by atoms with Gasteiger partial charge in [0.05, 0.1) is 0 Å². The van der Waals surface area contributed by atoms with Gasteiger partial charge in [0.1, 0.15) is 12.4 Å². The first-order valence-corrected chi connectivity index (χ1v) is 6.86. The number of hydrogen-bond donors (Lipinski definition) is 1. The van der Waals surface area contributed by atoms with Gasteiger partial charge in [-0.1, -0.05) is 19.8 Å². The highest BCUT2D eigenvalue weighted by Gasteiger charge is 2.27. The molecule has 8 heteroatoms. The lowest BCUT2D eigenvalue weighted by Gasteiger charge is -2.26. The van der Waals surface area contributed by atoms with Gasteiger partial charge in [0.2, 0.25) is 5.82 Å². The summed E-state index contributed by atoms with van der Waals surface area (Å²) < 4.78 is 2.50. The number of unbranched alkanes of at least 4 members (excludes halogenated alkanes) is 2. The van der Waals surface area contributed by atoms with Crippen LogP contribution in [0.3, 0.4) is 0 Å². The van der Waals surface area contributed by atoms with Gasteiger partial charge in [0.15, 0.2) is 10.6 Å². The maximum Gasteiger partial charge on any atom is 0.204 e. The maximum atomic E-state index is 4.47. The molecular formula is C10H14BrN7. The summed E-state index contributed by atoms with van der Waals surface area (Å²) in [5.74, 6) is 1.68. The molecule has 0 spiro atoms. The summed E-state index contributed by atoms with van der Waals surface area (Å²) >= 11 is 3.37. The Morgan fingerprint density at radius 1 is 1.39 bits per heavy atom. The number of imidazole rings is 1. The van der Waals surface area contributed by atoms with Crippen molar-refractivity contribution in [2.24, 2.45) is 0 Å². The molecule has 0 saturated carbocycles. The second kappa shape index (κ2) is 4.68. The highest BCUT2D eigenvalue weighted by atomic mass is 79.9. The van der Waals surface area contributed by atoms with E-state index in [9.17, 15) is 0 Å². The molecule has 18 heavy (non-hydrogen) atoms. The Balaban J connectivity index is 1.91. The van der Waals surface area contributed by atoms with Gasteiger partial charge in [0, 0.05) is 6.54 Å². The average molecular weight is 312 g/mol. The van der Waals surface area contributed by atoms with Crippen LogP contribution >= 0.6 is 15.9 Å². The smallest absolute Gasteiger partial charge is 0.204 e. The molecule has 0 atom stereocenters. The van der Waals surface area contributed by atoms with E-state index in [1.807, 2.05) is 0 Å². The number of tetrazole rings is 1. The molecule has 1 aliphatic heterocycles. The second-order valence-electron chi connectivity index (χ2n) is 4.34. The van der Waals surface area contributed by atoms with E-state index in [2.05, 4.69) is 53.2 Å². The summed E-state index contributed by atoms with van der Waals surface area (Å²) in [5.41, 5.74) is 0.884. The van der Waals surface area contributed by atoms with E-state index in [-0.39, 0.29) is 0 Å². The van der Waals surface area contributed by atoms with Crippen molar-refractivity contribution in [1.82, 2.24) is 30.2 Å². The molecule has 3 rings (SSSR count). The van der Waals surface area contributed by atoms with E-state index >= 15 is 0 Å². The molecular weight excluding hydrogens is 298 g/mol. The van der Waals surface area contributed by atoms with Crippen molar-refractivity contribution < 1.29 is 0 Å².